The molecule has 0 aromatic carbocycles. The summed E-state index contributed by atoms with van der Waals surface area (Å²) < 4.78 is 4.45. The van der Waals surface area contributed by atoms with Crippen molar-refractivity contribution in [3.63, 3.8) is 0 Å². The van der Waals surface area contributed by atoms with E-state index in [1.54, 1.807) is 19.9 Å². The Morgan fingerprint density at radius 3 is 2.63 bits per heavy atom. The van der Waals surface area contributed by atoms with Gasteiger partial charge in [-0.15, -0.1) is 0 Å². The van der Waals surface area contributed by atoms with Crippen LogP contribution in [0.5, 0.6) is 0 Å². The van der Waals surface area contributed by atoms with E-state index < -0.39 is 5.97 Å². The number of amides is 1. The Hall–Kier alpha value is -2.42. The summed E-state index contributed by atoms with van der Waals surface area (Å²) >= 11 is 0. The van der Waals surface area contributed by atoms with Crippen LogP contribution in [0.1, 0.15) is 29.7 Å². The minimum absolute atomic E-state index is 0.0244. The van der Waals surface area contributed by atoms with Gasteiger partial charge in [-0.05, 0) is 25.5 Å². The fraction of sp³-hybridized carbons (Fsp3) is 0.385. The highest BCUT2D eigenvalue weighted by molar-refractivity contribution is 5.91. The first kappa shape index (κ1) is 14.6. The Morgan fingerprint density at radius 1 is 1.42 bits per heavy atom. The average molecular weight is 261 g/mol. The quantitative estimate of drug-likeness (QED) is 0.828. The van der Waals surface area contributed by atoms with Crippen LogP contribution in [0.4, 0.5) is 5.82 Å². The van der Waals surface area contributed by atoms with E-state index in [9.17, 15) is 9.59 Å². The van der Waals surface area contributed by atoms with Gasteiger partial charge < -0.3 is 10.1 Å². The molecular formula is C13H15N3O3. The molecule has 0 radical (unpaired) electrons. The van der Waals surface area contributed by atoms with Gasteiger partial charge in [0.1, 0.15) is 11.9 Å². The molecule has 1 aromatic heterocycles. The largest absolute Gasteiger partial charge is 0.469 e. The molecule has 0 aliphatic rings. The molecule has 1 rings (SSSR count). The number of aryl methyl sites for hydroxylation is 2. The van der Waals surface area contributed by atoms with Crippen LogP contribution < -0.4 is 5.32 Å². The van der Waals surface area contributed by atoms with E-state index in [-0.39, 0.29) is 18.7 Å². The Morgan fingerprint density at radius 2 is 2.11 bits per heavy atom. The van der Waals surface area contributed by atoms with Crippen LogP contribution in [-0.2, 0) is 14.3 Å². The topological polar surface area (TPSA) is 92.1 Å². The van der Waals surface area contributed by atoms with E-state index in [2.05, 4.69) is 21.1 Å². The maximum Gasteiger partial charge on any atom is 0.306 e. The lowest BCUT2D eigenvalue weighted by Crippen LogP contribution is -2.15. The number of nitriles is 1. The molecule has 0 bridgehead atoms. The normalized spacial score (nSPS) is 9.58. The maximum absolute atomic E-state index is 11.6. The molecule has 6 nitrogen and oxygen atoms in total. The molecule has 6 heteroatoms. The lowest BCUT2D eigenvalue weighted by Gasteiger charge is -2.08. The number of rotatable bonds is 4. The van der Waals surface area contributed by atoms with Gasteiger partial charge in [-0.25, -0.2) is 4.98 Å². The van der Waals surface area contributed by atoms with Gasteiger partial charge in [0, 0.05) is 6.42 Å². The summed E-state index contributed by atoms with van der Waals surface area (Å²) in [4.78, 5) is 26.6. The molecule has 1 aromatic rings. The van der Waals surface area contributed by atoms with Crippen LogP contribution in [0, 0.1) is 25.2 Å². The predicted molar refractivity (Wildman–Crippen MR) is 68.3 cm³/mol. The standard InChI is InChI=1S/C13H15N3O3/c1-8-6-11(15-9(2)10(8)7-14)16-12(17)4-5-13(18)19-3/h6H,4-5H2,1-3H3,(H,15,16,17). The highest BCUT2D eigenvalue weighted by atomic mass is 16.5. The number of hydrogen-bond acceptors (Lipinski definition) is 5. The molecule has 0 atom stereocenters. The Kier molecular flexibility index (Phi) is 5.01. The van der Waals surface area contributed by atoms with Gasteiger partial charge >= 0.3 is 5.97 Å². The minimum atomic E-state index is -0.435. The number of anilines is 1. The molecule has 0 aliphatic heterocycles. The number of ether oxygens (including phenoxy) is 1. The highest BCUT2D eigenvalue weighted by Crippen LogP contribution is 2.15. The number of nitrogens with zero attached hydrogens (tertiary/aromatic N) is 2. The molecule has 0 spiro atoms. The monoisotopic (exact) mass is 261 g/mol. The van der Waals surface area contributed by atoms with Gasteiger partial charge in [-0.2, -0.15) is 5.26 Å². The van der Waals surface area contributed by atoms with Gasteiger partial charge in [-0.1, -0.05) is 0 Å². The van der Waals surface area contributed by atoms with E-state index in [0.717, 1.165) is 5.56 Å². The summed E-state index contributed by atoms with van der Waals surface area (Å²) in [5, 5.41) is 11.5. The molecule has 0 saturated heterocycles. The summed E-state index contributed by atoms with van der Waals surface area (Å²) in [6.07, 6.45) is 0.0586. The smallest absolute Gasteiger partial charge is 0.306 e. The first-order valence-corrected chi connectivity index (χ1v) is 5.73. The van der Waals surface area contributed by atoms with Crippen molar-refractivity contribution >= 4 is 17.7 Å². The molecular weight excluding hydrogens is 246 g/mol. The number of carbonyl (C=O) groups is 2. The van der Waals surface area contributed by atoms with Crippen LogP contribution in [0.2, 0.25) is 0 Å². The first-order chi connectivity index (χ1) is 8.97. The third-order valence-electron chi connectivity index (χ3n) is 2.56. The molecule has 0 fully saturated rings. The summed E-state index contributed by atoms with van der Waals surface area (Å²) in [5.41, 5.74) is 1.82. The van der Waals surface area contributed by atoms with Crippen LogP contribution >= 0.6 is 0 Å². The van der Waals surface area contributed by atoms with Crippen molar-refractivity contribution in [2.45, 2.75) is 26.7 Å². The molecule has 1 heterocycles. The minimum Gasteiger partial charge on any atom is -0.469 e. The van der Waals surface area contributed by atoms with Crippen LogP contribution in [0.25, 0.3) is 0 Å². The molecule has 1 N–H and O–H groups in total. The number of pyridine rings is 1. The fourth-order valence-electron chi connectivity index (χ4n) is 1.59. The van der Waals surface area contributed by atoms with Crippen molar-refractivity contribution in [1.82, 2.24) is 4.98 Å². The van der Waals surface area contributed by atoms with Gasteiger partial charge in [-0.3, -0.25) is 9.59 Å². The second kappa shape index (κ2) is 6.50. The third-order valence-corrected chi connectivity index (χ3v) is 2.56. The summed E-state index contributed by atoms with van der Waals surface area (Å²) in [5.74, 6) is -0.374. The van der Waals surface area contributed by atoms with Gasteiger partial charge in [0.05, 0.1) is 24.8 Å². The highest BCUT2D eigenvalue weighted by Gasteiger charge is 2.10. The van der Waals surface area contributed by atoms with Gasteiger partial charge in [0.25, 0.3) is 0 Å². The Bertz CT molecular complexity index is 524. The first-order valence-electron chi connectivity index (χ1n) is 5.73. The summed E-state index contributed by atoms with van der Waals surface area (Å²) in [6, 6.07) is 3.68. The average Bonchev–Trinajstić information content (AvgIpc) is 2.35. The second-order valence-electron chi connectivity index (χ2n) is 4.02. The number of carbonyl (C=O) groups excluding carboxylic acids is 2. The number of esters is 1. The van der Waals surface area contributed by atoms with Crippen molar-refractivity contribution < 1.29 is 14.3 Å². The summed E-state index contributed by atoms with van der Waals surface area (Å²) in [6.45, 7) is 3.48. The van der Waals surface area contributed by atoms with E-state index in [1.165, 1.54) is 7.11 Å². The maximum atomic E-state index is 11.6. The molecule has 100 valence electrons. The summed E-state index contributed by atoms with van der Waals surface area (Å²) in [7, 11) is 1.27. The lowest BCUT2D eigenvalue weighted by atomic mass is 10.1. The molecule has 0 aliphatic carbocycles. The zero-order valence-corrected chi connectivity index (χ0v) is 11.1. The van der Waals surface area contributed by atoms with Crippen LogP contribution in [0.3, 0.4) is 0 Å². The number of hydrogen-bond donors (Lipinski definition) is 1. The van der Waals surface area contributed by atoms with E-state index in [1.807, 2.05) is 0 Å². The van der Waals surface area contributed by atoms with Crippen molar-refractivity contribution in [3.8, 4) is 6.07 Å². The second-order valence-corrected chi connectivity index (χ2v) is 4.02. The van der Waals surface area contributed by atoms with Crippen LogP contribution in [0.15, 0.2) is 6.07 Å². The van der Waals surface area contributed by atoms with E-state index in [4.69, 9.17) is 5.26 Å². The van der Waals surface area contributed by atoms with E-state index >= 15 is 0 Å². The van der Waals surface area contributed by atoms with Crippen molar-refractivity contribution in [2.24, 2.45) is 0 Å². The number of nitrogens with one attached hydrogen (secondary N) is 1. The number of aromatic nitrogens is 1. The lowest BCUT2D eigenvalue weighted by molar-refractivity contribution is -0.141. The predicted octanol–water partition coefficient (Wildman–Crippen LogP) is 1.46. The molecule has 19 heavy (non-hydrogen) atoms. The van der Waals surface area contributed by atoms with Gasteiger partial charge in [0.2, 0.25) is 5.91 Å². The zero-order chi connectivity index (χ0) is 14.4. The van der Waals surface area contributed by atoms with Crippen LogP contribution in [-0.4, -0.2) is 24.0 Å². The van der Waals surface area contributed by atoms with Crippen molar-refractivity contribution in [2.75, 3.05) is 12.4 Å². The molecule has 0 saturated carbocycles. The molecule has 0 unspecified atom stereocenters. The van der Waals surface area contributed by atoms with Crippen molar-refractivity contribution in [1.29, 1.82) is 5.26 Å². The number of methoxy groups -OCH3 is 1. The zero-order valence-electron chi connectivity index (χ0n) is 11.1. The third kappa shape index (κ3) is 4.07. The Labute approximate surface area is 111 Å². The van der Waals surface area contributed by atoms with E-state index in [0.29, 0.717) is 17.1 Å². The SMILES string of the molecule is COC(=O)CCC(=O)Nc1cc(C)c(C#N)c(C)n1. The Balaban J connectivity index is 2.71. The molecule has 1 amide bonds. The van der Waals surface area contributed by atoms with Crippen molar-refractivity contribution in [3.05, 3.63) is 22.9 Å². The fourth-order valence-corrected chi connectivity index (χ4v) is 1.59. The van der Waals surface area contributed by atoms with Gasteiger partial charge in [0.15, 0.2) is 0 Å².